The van der Waals surface area contributed by atoms with Gasteiger partial charge in [0.1, 0.15) is 5.92 Å². The molecule has 1 amide bonds. The Kier molecular flexibility index (Phi) is 5.37. The van der Waals surface area contributed by atoms with Crippen LogP contribution in [-0.2, 0) is 14.3 Å². The number of hydrogen-bond acceptors (Lipinski definition) is 4. The minimum Gasteiger partial charge on any atom is -0.481 e. The third-order valence-corrected chi connectivity index (χ3v) is 3.10. The minimum absolute atomic E-state index is 0.0415. The first-order valence-corrected chi connectivity index (χ1v) is 5.84. The first kappa shape index (κ1) is 13.9. The van der Waals surface area contributed by atoms with Gasteiger partial charge in [-0.15, -0.1) is 0 Å². The van der Waals surface area contributed by atoms with Gasteiger partial charge in [-0.05, 0) is 19.4 Å². The highest BCUT2D eigenvalue weighted by Gasteiger charge is 2.38. The predicted octanol–water partition coefficient (Wildman–Crippen LogP) is -0.327. The van der Waals surface area contributed by atoms with Gasteiger partial charge in [-0.2, -0.15) is 0 Å². The average Bonchev–Trinajstić information content (AvgIpc) is 2.77. The zero-order valence-electron chi connectivity index (χ0n) is 10.1. The molecular weight excluding hydrogens is 224 g/mol. The third kappa shape index (κ3) is 3.67. The molecule has 1 rings (SSSR count). The molecule has 98 valence electrons. The number of nitrogens with two attached hydrogens (primary N) is 1. The summed E-state index contributed by atoms with van der Waals surface area (Å²) in [5, 5.41) is 8.99. The summed E-state index contributed by atoms with van der Waals surface area (Å²) in [4.78, 5) is 24.3. The number of carbonyl (C=O) groups excluding carboxylic acids is 1. The zero-order valence-corrected chi connectivity index (χ0v) is 10.1. The van der Waals surface area contributed by atoms with E-state index < -0.39 is 11.9 Å². The number of ether oxygens (including phenoxy) is 1. The maximum Gasteiger partial charge on any atom is 0.311 e. The van der Waals surface area contributed by atoms with E-state index in [1.54, 1.807) is 7.05 Å². The van der Waals surface area contributed by atoms with Gasteiger partial charge in [0.05, 0.1) is 19.3 Å². The van der Waals surface area contributed by atoms with Crippen LogP contribution in [0.5, 0.6) is 0 Å². The number of rotatable bonds is 6. The number of nitrogens with zero attached hydrogens (tertiary/aromatic N) is 1. The second-order valence-corrected chi connectivity index (χ2v) is 4.30. The molecule has 1 saturated heterocycles. The van der Waals surface area contributed by atoms with Crippen LogP contribution in [0.4, 0.5) is 0 Å². The molecule has 1 fully saturated rings. The smallest absolute Gasteiger partial charge is 0.311 e. The van der Waals surface area contributed by atoms with Crippen molar-refractivity contribution in [1.82, 2.24) is 4.90 Å². The summed E-state index contributed by atoms with van der Waals surface area (Å²) < 4.78 is 5.13. The molecule has 3 N–H and O–H groups in total. The van der Waals surface area contributed by atoms with Gasteiger partial charge in [-0.3, -0.25) is 9.59 Å². The van der Waals surface area contributed by atoms with Crippen molar-refractivity contribution < 1.29 is 19.4 Å². The predicted molar refractivity (Wildman–Crippen MR) is 61.4 cm³/mol. The lowest BCUT2D eigenvalue weighted by atomic mass is 10.0. The molecule has 0 aromatic rings. The molecule has 1 aliphatic rings. The summed E-state index contributed by atoms with van der Waals surface area (Å²) in [5.74, 6) is -1.56. The highest BCUT2D eigenvalue weighted by molar-refractivity contribution is 5.78. The summed E-state index contributed by atoms with van der Waals surface area (Å²) in [7, 11) is 1.64. The molecule has 17 heavy (non-hydrogen) atoms. The van der Waals surface area contributed by atoms with Gasteiger partial charge in [0.25, 0.3) is 0 Å². The molecule has 6 nitrogen and oxygen atoms in total. The quantitative estimate of drug-likeness (QED) is 0.624. The molecule has 2 atom stereocenters. The Hall–Kier alpha value is -1.14. The minimum atomic E-state index is -0.908. The monoisotopic (exact) mass is 244 g/mol. The fraction of sp³-hybridized carbons (Fsp3) is 0.818. The Bertz CT molecular complexity index is 283. The number of unbranched alkanes of at least 4 members (excludes halogenated alkanes) is 1. The molecular formula is C11H20N2O4. The largest absolute Gasteiger partial charge is 0.481 e. The number of hydrogen-bond donors (Lipinski definition) is 2. The highest BCUT2D eigenvalue weighted by Crippen LogP contribution is 2.19. The van der Waals surface area contributed by atoms with Crippen LogP contribution in [0.1, 0.15) is 19.3 Å². The van der Waals surface area contributed by atoms with Crippen LogP contribution in [0.15, 0.2) is 0 Å². The summed E-state index contributed by atoms with van der Waals surface area (Å²) in [6.07, 6.45) is 1.96. The van der Waals surface area contributed by atoms with Crippen LogP contribution in [0.2, 0.25) is 0 Å². The number of carboxylic acid groups (broad SMARTS) is 1. The fourth-order valence-electron chi connectivity index (χ4n) is 1.94. The van der Waals surface area contributed by atoms with Crippen LogP contribution in [0.25, 0.3) is 0 Å². The second-order valence-electron chi connectivity index (χ2n) is 4.30. The number of amides is 1. The Morgan fingerprint density at radius 1 is 1.41 bits per heavy atom. The van der Waals surface area contributed by atoms with E-state index in [-0.39, 0.29) is 18.6 Å². The first-order chi connectivity index (χ1) is 8.07. The van der Waals surface area contributed by atoms with E-state index in [4.69, 9.17) is 15.6 Å². The average molecular weight is 244 g/mol. The number of aliphatic carboxylic acids is 1. The van der Waals surface area contributed by atoms with E-state index in [0.717, 1.165) is 12.8 Å². The van der Waals surface area contributed by atoms with Crippen molar-refractivity contribution in [3.63, 3.8) is 0 Å². The van der Waals surface area contributed by atoms with E-state index in [9.17, 15) is 9.59 Å². The van der Waals surface area contributed by atoms with Crippen LogP contribution in [-0.4, -0.2) is 54.7 Å². The zero-order chi connectivity index (χ0) is 12.8. The van der Waals surface area contributed by atoms with Crippen LogP contribution < -0.4 is 5.73 Å². The van der Waals surface area contributed by atoms with Crippen molar-refractivity contribution >= 4 is 11.9 Å². The Morgan fingerprint density at radius 3 is 2.71 bits per heavy atom. The fourth-order valence-corrected chi connectivity index (χ4v) is 1.94. The lowest BCUT2D eigenvalue weighted by Gasteiger charge is -2.26. The van der Waals surface area contributed by atoms with Gasteiger partial charge in [-0.1, -0.05) is 0 Å². The van der Waals surface area contributed by atoms with E-state index in [1.807, 2.05) is 0 Å². The summed E-state index contributed by atoms with van der Waals surface area (Å²) in [5.41, 5.74) is 5.35. The number of likely N-dealkylation sites (N-methyl/N-ethyl adjacent to an activating group) is 1. The van der Waals surface area contributed by atoms with E-state index >= 15 is 0 Å². The van der Waals surface area contributed by atoms with Gasteiger partial charge >= 0.3 is 5.97 Å². The maximum absolute atomic E-state index is 11.8. The number of carboxylic acids is 1. The highest BCUT2D eigenvalue weighted by atomic mass is 16.5. The molecule has 1 heterocycles. The SMILES string of the molecule is CN(C(=O)CCCCN)C1COCC1C(=O)O. The lowest BCUT2D eigenvalue weighted by Crippen LogP contribution is -2.44. The molecule has 0 radical (unpaired) electrons. The molecule has 1 aliphatic heterocycles. The molecule has 0 aromatic carbocycles. The summed E-state index contributed by atoms with van der Waals surface area (Å²) >= 11 is 0. The summed E-state index contributed by atoms with van der Waals surface area (Å²) in [6, 6.07) is -0.349. The van der Waals surface area contributed by atoms with Crippen molar-refractivity contribution in [1.29, 1.82) is 0 Å². The van der Waals surface area contributed by atoms with Gasteiger partial charge in [0.15, 0.2) is 0 Å². The van der Waals surface area contributed by atoms with Gasteiger partial charge < -0.3 is 20.5 Å². The molecule has 6 heteroatoms. The van der Waals surface area contributed by atoms with Crippen LogP contribution in [0.3, 0.4) is 0 Å². The van der Waals surface area contributed by atoms with Crippen molar-refractivity contribution in [3.8, 4) is 0 Å². The molecule has 0 aromatic heterocycles. The van der Waals surface area contributed by atoms with Gasteiger partial charge in [0, 0.05) is 13.5 Å². The second kappa shape index (κ2) is 6.56. The molecule has 0 bridgehead atoms. The van der Waals surface area contributed by atoms with Crippen molar-refractivity contribution in [2.45, 2.75) is 25.3 Å². The standard InChI is InChI=1S/C11H20N2O4/c1-13(10(14)4-2-3-5-12)9-7-17-6-8(9)11(15)16/h8-9H,2-7,12H2,1H3,(H,15,16). The lowest BCUT2D eigenvalue weighted by molar-refractivity contribution is -0.144. The molecule has 0 aliphatic carbocycles. The number of carbonyl (C=O) groups is 2. The first-order valence-electron chi connectivity index (χ1n) is 5.84. The summed E-state index contributed by atoms with van der Waals surface area (Å²) in [6.45, 7) is 1.05. The van der Waals surface area contributed by atoms with Gasteiger partial charge in [0.2, 0.25) is 5.91 Å². The van der Waals surface area contributed by atoms with Crippen LogP contribution >= 0.6 is 0 Å². The molecule has 0 spiro atoms. The normalized spacial score (nSPS) is 23.6. The topological polar surface area (TPSA) is 92.9 Å². The van der Waals surface area contributed by atoms with E-state index in [0.29, 0.717) is 19.6 Å². The Labute approximate surface area is 101 Å². The van der Waals surface area contributed by atoms with Gasteiger partial charge in [-0.25, -0.2) is 0 Å². The Morgan fingerprint density at radius 2 is 2.12 bits per heavy atom. The van der Waals surface area contributed by atoms with Crippen molar-refractivity contribution in [2.24, 2.45) is 11.7 Å². The van der Waals surface area contributed by atoms with E-state index in [1.165, 1.54) is 4.90 Å². The Balaban J connectivity index is 2.47. The van der Waals surface area contributed by atoms with Crippen molar-refractivity contribution in [2.75, 3.05) is 26.8 Å². The van der Waals surface area contributed by atoms with E-state index in [2.05, 4.69) is 0 Å². The van der Waals surface area contributed by atoms with Crippen molar-refractivity contribution in [3.05, 3.63) is 0 Å². The maximum atomic E-state index is 11.8. The molecule has 0 saturated carbocycles. The third-order valence-electron chi connectivity index (χ3n) is 3.10. The van der Waals surface area contributed by atoms with Crippen LogP contribution in [0, 0.1) is 5.92 Å². The molecule has 2 unspecified atom stereocenters.